The molecule has 2 aromatic carbocycles. The van der Waals surface area contributed by atoms with Crippen LogP contribution in [-0.4, -0.2) is 64.5 Å². The van der Waals surface area contributed by atoms with Gasteiger partial charge in [-0.1, -0.05) is 46.8 Å². The van der Waals surface area contributed by atoms with E-state index in [4.69, 9.17) is 4.74 Å². The Bertz CT molecular complexity index is 1140. The van der Waals surface area contributed by atoms with Crippen molar-refractivity contribution in [1.82, 2.24) is 9.80 Å². The number of aliphatic hydroxyl groups excluding tert-OH is 1. The van der Waals surface area contributed by atoms with Crippen LogP contribution in [0.15, 0.2) is 48.0 Å². The summed E-state index contributed by atoms with van der Waals surface area (Å²) in [5, 5.41) is 21.6. The summed E-state index contributed by atoms with van der Waals surface area (Å²) in [5.74, 6) is -0.880. The Hall–Kier alpha value is -3.32. The molecule has 0 spiro atoms. The van der Waals surface area contributed by atoms with Crippen molar-refractivity contribution in [3.05, 3.63) is 64.7 Å². The normalized spacial score (nSPS) is 17.8. The van der Waals surface area contributed by atoms with E-state index in [2.05, 4.69) is 4.90 Å². The molecule has 0 radical (unpaired) electrons. The van der Waals surface area contributed by atoms with E-state index in [1.807, 2.05) is 47.6 Å². The highest BCUT2D eigenvalue weighted by Crippen LogP contribution is 2.41. The number of likely N-dealkylation sites (N-methyl/N-ethyl adjacent to an activating group) is 1. The lowest BCUT2D eigenvalue weighted by Gasteiger charge is -2.28. The maximum atomic E-state index is 13.3. The molecule has 1 unspecified atom stereocenters. The summed E-state index contributed by atoms with van der Waals surface area (Å²) in [6.45, 7) is 15.2. The molecule has 7 heteroatoms. The first kappa shape index (κ1) is 27.3. The Labute approximate surface area is 214 Å². The van der Waals surface area contributed by atoms with Crippen molar-refractivity contribution in [2.75, 3.05) is 32.8 Å². The number of aromatic hydroxyl groups is 1. The minimum absolute atomic E-state index is 0.0224. The highest BCUT2D eigenvalue weighted by Gasteiger charge is 2.46. The third kappa shape index (κ3) is 5.57. The Morgan fingerprint density at radius 3 is 2.33 bits per heavy atom. The lowest BCUT2D eigenvalue weighted by Crippen LogP contribution is -2.38. The smallest absolute Gasteiger partial charge is 0.295 e. The summed E-state index contributed by atoms with van der Waals surface area (Å²) in [6.07, 6.45) is 0. The maximum absolute atomic E-state index is 13.3. The SMILES string of the molecule is CCOc1ccc(/C(O)=C2/C(=O)C(=O)N(CCN(CC)CC)C2c2cccc(O)c2)cc1C(C)(C)C. The molecule has 1 atom stereocenters. The largest absolute Gasteiger partial charge is 0.508 e. The first-order valence-corrected chi connectivity index (χ1v) is 12.6. The van der Waals surface area contributed by atoms with Gasteiger partial charge in [0.15, 0.2) is 0 Å². The molecule has 3 rings (SSSR count). The molecule has 194 valence electrons. The first-order valence-electron chi connectivity index (χ1n) is 12.6. The third-order valence-electron chi connectivity index (χ3n) is 6.64. The minimum atomic E-state index is -0.808. The van der Waals surface area contributed by atoms with Crippen LogP contribution in [-0.2, 0) is 15.0 Å². The number of ketones is 1. The first-order chi connectivity index (χ1) is 17.0. The van der Waals surface area contributed by atoms with Crippen LogP contribution in [0, 0.1) is 0 Å². The minimum Gasteiger partial charge on any atom is -0.508 e. The second-order valence-electron chi connectivity index (χ2n) is 10.0. The van der Waals surface area contributed by atoms with Crippen molar-refractivity contribution in [2.24, 2.45) is 0 Å². The van der Waals surface area contributed by atoms with Crippen molar-refractivity contribution in [1.29, 1.82) is 0 Å². The van der Waals surface area contributed by atoms with Crippen molar-refractivity contribution < 1.29 is 24.5 Å². The van der Waals surface area contributed by atoms with Crippen LogP contribution in [0.2, 0.25) is 0 Å². The van der Waals surface area contributed by atoms with Gasteiger partial charge in [0.25, 0.3) is 11.7 Å². The van der Waals surface area contributed by atoms with Crippen molar-refractivity contribution >= 4 is 17.4 Å². The standard InChI is InChI=1S/C29H38N2O5/c1-7-30(8-2)15-16-31-25(19-11-10-12-21(32)17-19)24(27(34)28(31)35)26(33)20-13-14-23(36-9-3)22(18-20)29(4,5)6/h10-14,17-18,25,32-33H,7-9,15-16H2,1-6H3/b26-24-. The summed E-state index contributed by atoms with van der Waals surface area (Å²) >= 11 is 0. The topological polar surface area (TPSA) is 90.3 Å². The van der Waals surface area contributed by atoms with Gasteiger partial charge in [-0.2, -0.15) is 0 Å². The Balaban J connectivity index is 2.17. The number of aliphatic hydroxyl groups is 1. The number of amides is 1. The summed E-state index contributed by atoms with van der Waals surface area (Å²) < 4.78 is 5.80. The van der Waals surface area contributed by atoms with Crippen LogP contribution >= 0.6 is 0 Å². The number of ether oxygens (including phenoxy) is 1. The predicted octanol–water partition coefficient (Wildman–Crippen LogP) is 4.85. The second kappa shape index (κ2) is 11.2. The molecule has 2 aromatic rings. The molecular weight excluding hydrogens is 456 g/mol. The molecule has 2 N–H and O–H groups in total. The van der Waals surface area contributed by atoms with Crippen LogP contribution in [0.5, 0.6) is 11.5 Å². The Morgan fingerprint density at radius 1 is 1.06 bits per heavy atom. The van der Waals surface area contributed by atoms with E-state index in [9.17, 15) is 19.8 Å². The third-order valence-corrected chi connectivity index (χ3v) is 6.64. The fraction of sp³-hybridized carbons (Fsp3) is 0.448. The van der Waals surface area contributed by atoms with Crippen molar-refractivity contribution in [3.63, 3.8) is 0 Å². The van der Waals surface area contributed by atoms with E-state index >= 15 is 0 Å². The summed E-state index contributed by atoms with van der Waals surface area (Å²) in [7, 11) is 0. The number of carbonyl (C=O) groups is 2. The van der Waals surface area contributed by atoms with Gasteiger partial charge in [-0.15, -0.1) is 0 Å². The van der Waals surface area contributed by atoms with E-state index in [0.717, 1.165) is 18.7 Å². The molecule has 1 fully saturated rings. The van der Waals surface area contributed by atoms with Gasteiger partial charge in [-0.25, -0.2) is 0 Å². The van der Waals surface area contributed by atoms with E-state index in [1.165, 1.54) is 17.0 Å². The molecule has 7 nitrogen and oxygen atoms in total. The van der Waals surface area contributed by atoms with Crippen molar-refractivity contribution in [3.8, 4) is 11.5 Å². The predicted molar refractivity (Wildman–Crippen MR) is 141 cm³/mol. The number of hydrogen-bond acceptors (Lipinski definition) is 6. The van der Waals surface area contributed by atoms with E-state index in [-0.39, 0.29) is 22.5 Å². The number of rotatable bonds is 9. The molecular formula is C29H38N2O5. The van der Waals surface area contributed by atoms with Gasteiger partial charge >= 0.3 is 0 Å². The number of hydrogen-bond donors (Lipinski definition) is 2. The quantitative estimate of drug-likeness (QED) is 0.294. The molecule has 36 heavy (non-hydrogen) atoms. The fourth-order valence-corrected chi connectivity index (χ4v) is 4.64. The summed E-state index contributed by atoms with van der Waals surface area (Å²) in [6, 6.07) is 11.0. The molecule has 1 saturated heterocycles. The van der Waals surface area contributed by atoms with Crippen LogP contribution in [0.4, 0.5) is 0 Å². The molecule has 0 aromatic heterocycles. The fourth-order valence-electron chi connectivity index (χ4n) is 4.64. The average Bonchev–Trinajstić information content (AvgIpc) is 3.09. The zero-order chi connectivity index (χ0) is 26.6. The maximum Gasteiger partial charge on any atom is 0.295 e. The zero-order valence-electron chi connectivity index (χ0n) is 22.2. The van der Waals surface area contributed by atoms with Crippen molar-refractivity contribution in [2.45, 2.75) is 53.0 Å². The second-order valence-corrected chi connectivity index (χ2v) is 10.0. The number of likely N-dealkylation sites (tertiary alicyclic amines) is 1. The molecule has 1 aliphatic heterocycles. The van der Waals surface area contributed by atoms with Gasteiger partial charge in [-0.05, 0) is 61.3 Å². The highest BCUT2D eigenvalue weighted by atomic mass is 16.5. The Kier molecular flexibility index (Phi) is 8.46. The molecule has 1 heterocycles. The Morgan fingerprint density at radius 2 is 1.75 bits per heavy atom. The molecule has 1 aliphatic rings. The zero-order valence-corrected chi connectivity index (χ0v) is 22.2. The lowest BCUT2D eigenvalue weighted by molar-refractivity contribution is -0.140. The monoisotopic (exact) mass is 494 g/mol. The number of Topliss-reactive ketones (excluding diaryl/α,β-unsaturated/α-hetero) is 1. The number of carbonyl (C=O) groups excluding carboxylic acids is 2. The van der Waals surface area contributed by atoms with Gasteiger partial charge in [0.05, 0.1) is 18.2 Å². The average molecular weight is 495 g/mol. The van der Waals surface area contributed by atoms with Crippen LogP contribution in [0.25, 0.3) is 5.76 Å². The lowest BCUT2D eigenvalue weighted by atomic mass is 9.84. The number of benzene rings is 2. The summed E-state index contributed by atoms with van der Waals surface area (Å²) in [4.78, 5) is 30.2. The van der Waals surface area contributed by atoms with E-state index in [0.29, 0.717) is 36.6 Å². The van der Waals surface area contributed by atoms with Crippen LogP contribution in [0.1, 0.15) is 64.3 Å². The number of phenols is 1. The van der Waals surface area contributed by atoms with Gasteiger partial charge in [0, 0.05) is 24.2 Å². The molecule has 0 bridgehead atoms. The highest BCUT2D eigenvalue weighted by molar-refractivity contribution is 6.46. The van der Waals surface area contributed by atoms with Gasteiger partial charge in [-0.3, -0.25) is 9.59 Å². The molecule has 1 amide bonds. The van der Waals surface area contributed by atoms with Gasteiger partial charge in [0.1, 0.15) is 17.3 Å². The van der Waals surface area contributed by atoms with Crippen LogP contribution in [0.3, 0.4) is 0 Å². The molecule has 0 saturated carbocycles. The van der Waals surface area contributed by atoms with E-state index in [1.54, 1.807) is 24.3 Å². The van der Waals surface area contributed by atoms with E-state index < -0.39 is 17.7 Å². The van der Waals surface area contributed by atoms with Gasteiger partial charge < -0.3 is 24.7 Å². The van der Waals surface area contributed by atoms with Gasteiger partial charge in [0.2, 0.25) is 0 Å². The van der Waals surface area contributed by atoms with Crippen LogP contribution < -0.4 is 4.74 Å². The number of nitrogens with zero attached hydrogens (tertiary/aromatic N) is 2. The summed E-state index contributed by atoms with van der Waals surface area (Å²) in [5.41, 5.74) is 1.64. The molecule has 0 aliphatic carbocycles. The number of phenolic OH excluding ortho intramolecular Hbond substituents is 1.